The van der Waals surface area contributed by atoms with Crippen LogP contribution in [-0.4, -0.2) is 39.9 Å². The van der Waals surface area contributed by atoms with E-state index in [2.05, 4.69) is 39.9 Å². The lowest BCUT2D eigenvalue weighted by molar-refractivity contribution is 0.458. The van der Waals surface area contributed by atoms with Gasteiger partial charge in [0.25, 0.3) is 23.8 Å². The SMILES string of the molecule is Fc1nc2nc3cc4nc5nc(F)c(F)nc5nc4cc3nc2nc1F. The van der Waals surface area contributed by atoms with Crippen molar-refractivity contribution >= 4 is 44.7 Å². The highest BCUT2D eigenvalue weighted by Gasteiger charge is 2.14. The molecular weight excluding hydrogens is 356 g/mol. The van der Waals surface area contributed by atoms with Crippen LogP contribution in [0.3, 0.4) is 0 Å². The summed E-state index contributed by atoms with van der Waals surface area (Å²) in [4.78, 5) is 29.6. The first-order valence-corrected chi connectivity index (χ1v) is 6.99. The molecule has 0 amide bonds. The van der Waals surface area contributed by atoms with Crippen LogP contribution >= 0.6 is 0 Å². The maximum Gasteiger partial charge on any atom is 0.270 e. The summed E-state index contributed by atoms with van der Waals surface area (Å²) in [6.07, 6.45) is 0. The summed E-state index contributed by atoms with van der Waals surface area (Å²) in [7, 11) is 0. The van der Waals surface area contributed by atoms with Crippen molar-refractivity contribution in [2.45, 2.75) is 0 Å². The first-order valence-electron chi connectivity index (χ1n) is 6.99. The normalized spacial score (nSPS) is 11.8. The molecular formula is C14H2F4N8. The zero-order chi connectivity index (χ0) is 18.0. The molecule has 4 aromatic heterocycles. The van der Waals surface area contributed by atoms with E-state index in [0.717, 1.165) is 0 Å². The maximum absolute atomic E-state index is 13.2. The van der Waals surface area contributed by atoms with E-state index in [4.69, 9.17) is 0 Å². The first kappa shape index (κ1) is 14.6. The van der Waals surface area contributed by atoms with Gasteiger partial charge < -0.3 is 0 Å². The maximum atomic E-state index is 13.2. The van der Waals surface area contributed by atoms with E-state index in [-0.39, 0.29) is 44.7 Å². The summed E-state index contributed by atoms with van der Waals surface area (Å²) < 4.78 is 52.9. The smallest absolute Gasteiger partial charge is 0.223 e. The van der Waals surface area contributed by atoms with Crippen LogP contribution in [0.15, 0.2) is 12.1 Å². The van der Waals surface area contributed by atoms with Crippen LogP contribution in [-0.2, 0) is 0 Å². The molecule has 0 atom stereocenters. The van der Waals surface area contributed by atoms with E-state index in [1.165, 1.54) is 12.1 Å². The molecule has 4 heterocycles. The number of nitrogens with zero attached hydrogens (tertiary/aromatic N) is 8. The fourth-order valence-corrected chi connectivity index (χ4v) is 2.43. The molecule has 12 heteroatoms. The summed E-state index contributed by atoms with van der Waals surface area (Å²) in [5.74, 6) is -5.59. The fraction of sp³-hybridized carbons (Fsp3) is 0. The molecule has 0 unspecified atom stereocenters. The third-order valence-electron chi connectivity index (χ3n) is 3.53. The predicted octanol–water partition coefficient (Wildman–Crippen LogP) is 2.02. The summed E-state index contributed by atoms with van der Waals surface area (Å²) in [5.41, 5.74) is 0.192. The monoisotopic (exact) mass is 358 g/mol. The van der Waals surface area contributed by atoms with Crippen LogP contribution in [0.2, 0.25) is 0 Å². The van der Waals surface area contributed by atoms with Gasteiger partial charge in [-0.15, -0.1) is 0 Å². The molecule has 0 radical (unpaired) electrons. The Hall–Kier alpha value is -3.70. The van der Waals surface area contributed by atoms with E-state index in [1.54, 1.807) is 0 Å². The molecule has 26 heavy (non-hydrogen) atoms. The molecule has 0 fully saturated rings. The van der Waals surface area contributed by atoms with Crippen LogP contribution in [0, 0.1) is 23.8 Å². The molecule has 126 valence electrons. The van der Waals surface area contributed by atoms with Crippen LogP contribution in [0.1, 0.15) is 0 Å². The second kappa shape index (κ2) is 4.91. The Labute approximate surface area is 139 Å². The van der Waals surface area contributed by atoms with Crippen molar-refractivity contribution in [2.75, 3.05) is 0 Å². The highest BCUT2D eigenvalue weighted by Crippen LogP contribution is 2.21. The van der Waals surface area contributed by atoms with Gasteiger partial charge in [0.05, 0.1) is 22.1 Å². The van der Waals surface area contributed by atoms with Crippen molar-refractivity contribution in [3.8, 4) is 0 Å². The minimum absolute atomic E-state index is 0.197. The lowest BCUT2D eigenvalue weighted by Gasteiger charge is -2.03. The third-order valence-corrected chi connectivity index (χ3v) is 3.53. The van der Waals surface area contributed by atoms with Gasteiger partial charge in [-0.05, 0) is 12.1 Å². The van der Waals surface area contributed by atoms with Crippen molar-refractivity contribution in [1.82, 2.24) is 39.9 Å². The lowest BCUT2D eigenvalue weighted by atomic mass is 10.2. The Morgan fingerprint density at radius 2 is 0.615 bits per heavy atom. The minimum atomic E-state index is -1.40. The van der Waals surface area contributed by atoms with Crippen LogP contribution in [0.25, 0.3) is 44.7 Å². The molecule has 0 bridgehead atoms. The topological polar surface area (TPSA) is 103 Å². The van der Waals surface area contributed by atoms with Gasteiger partial charge in [-0.1, -0.05) is 0 Å². The van der Waals surface area contributed by atoms with E-state index in [1.807, 2.05) is 0 Å². The predicted molar refractivity (Wildman–Crippen MR) is 78.7 cm³/mol. The number of hydrogen-bond acceptors (Lipinski definition) is 8. The van der Waals surface area contributed by atoms with Crippen molar-refractivity contribution in [1.29, 1.82) is 0 Å². The molecule has 1 aromatic carbocycles. The minimum Gasteiger partial charge on any atom is -0.223 e. The van der Waals surface area contributed by atoms with Crippen LogP contribution in [0.4, 0.5) is 17.6 Å². The highest BCUT2D eigenvalue weighted by atomic mass is 19.2. The number of aromatic nitrogens is 8. The van der Waals surface area contributed by atoms with Crippen LogP contribution < -0.4 is 0 Å². The molecule has 0 spiro atoms. The Morgan fingerprint density at radius 1 is 0.385 bits per heavy atom. The summed E-state index contributed by atoms with van der Waals surface area (Å²) in [5, 5.41) is 0. The molecule has 0 aliphatic carbocycles. The van der Waals surface area contributed by atoms with Crippen molar-refractivity contribution in [3.63, 3.8) is 0 Å². The molecule has 0 N–H and O–H groups in total. The number of rotatable bonds is 0. The molecule has 5 aromatic rings. The van der Waals surface area contributed by atoms with Gasteiger partial charge in [0.2, 0.25) is 22.6 Å². The molecule has 0 saturated carbocycles. The molecule has 0 saturated heterocycles. The van der Waals surface area contributed by atoms with E-state index >= 15 is 0 Å². The number of benzene rings is 1. The highest BCUT2D eigenvalue weighted by molar-refractivity contribution is 5.95. The summed E-state index contributed by atoms with van der Waals surface area (Å²) in [6, 6.07) is 2.85. The lowest BCUT2D eigenvalue weighted by Crippen LogP contribution is -2.02. The zero-order valence-electron chi connectivity index (χ0n) is 12.2. The second-order valence-corrected chi connectivity index (χ2v) is 5.18. The molecule has 8 nitrogen and oxygen atoms in total. The van der Waals surface area contributed by atoms with Gasteiger partial charge in [-0.25, -0.2) is 19.9 Å². The van der Waals surface area contributed by atoms with Crippen LogP contribution in [0.5, 0.6) is 0 Å². The summed E-state index contributed by atoms with van der Waals surface area (Å²) >= 11 is 0. The van der Waals surface area contributed by atoms with Gasteiger partial charge >= 0.3 is 0 Å². The van der Waals surface area contributed by atoms with E-state index in [9.17, 15) is 17.6 Å². The van der Waals surface area contributed by atoms with Crippen molar-refractivity contribution < 1.29 is 17.6 Å². The summed E-state index contributed by atoms with van der Waals surface area (Å²) in [6.45, 7) is 0. The largest absolute Gasteiger partial charge is 0.270 e. The average molecular weight is 358 g/mol. The Bertz CT molecular complexity index is 1180. The van der Waals surface area contributed by atoms with E-state index < -0.39 is 23.8 Å². The molecule has 5 rings (SSSR count). The van der Waals surface area contributed by atoms with Gasteiger partial charge in [-0.2, -0.15) is 37.5 Å². The molecule has 0 aliphatic rings. The Morgan fingerprint density at radius 3 is 0.846 bits per heavy atom. The van der Waals surface area contributed by atoms with Gasteiger partial charge in [0, 0.05) is 0 Å². The Balaban J connectivity index is 1.86. The van der Waals surface area contributed by atoms with Gasteiger partial charge in [-0.3, -0.25) is 0 Å². The zero-order valence-corrected chi connectivity index (χ0v) is 12.2. The van der Waals surface area contributed by atoms with Crippen molar-refractivity contribution in [3.05, 3.63) is 35.9 Å². The van der Waals surface area contributed by atoms with Gasteiger partial charge in [0.1, 0.15) is 0 Å². The van der Waals surface area contributed by atoms with Gasteiger partial charge in [0.15, 0.2) is 0 Å². The third kappa shape index (κ3) is 2.08. The molecule has 0 aliphatic heterocycles. The quantitative estimate of drug-likeness (QED) is 0.306. The number of fused-ring (bicyclic) bond motifs is 4. The van der Waals surface area contributed by atoms with E-state index in [0.29, 0.717) is 0 Å². The first-order chi connectivity index (χ1) is 12.5. The van der Waals surface area contributed by atoms with Crippen molar-refractivity contribution in [2.24, 2.45) is 0 Å². The standard InChI is InChI=1S/C14H2F4N8/c15-7-9(17)25-13-11(23-7)19-3-1-4-6(2-5(3)21-13)22-14-12(20-4)24-8(16)10(18)26-14/h1-2H. The fourth-order valence-electron chi connectivity index (χ4n) is 2.43. The average Bonchev–Trinajstić information content (AvgIpc) is 2.59. The number of hydrogen-bond donors (Lipinski definition) is 0. The Kier molecular flexibility index (Phi) is 2.76. The number of halogens is 4. The second-order valence-electron chi connectivity index (χ2n) is 5.18.